The van der Waals surface area contributed by atoms with E-state index < -0.39 is 0 Å². The summed E-state index contributed by atoms with van der Waals surface area (Å²) in [4.78, 5) is 22.3. The average Bonchev–Trinajstić information content (AvgIpc) is 3.20. The summed E-state index contributed by atoms with van der Waals surface area (Å²) in [6.07, 6.45) is 7.14. The molecule has 0 bridgehead atoms. The van der Waals surface area contributed by atoms with Crippen LogP contribution in [0.5, 0.6) is 0 Å². The maximum Gasteiger partial charge on any atom is 0.225 e. The van der Waals surface area contributed by atoms with Gasteiger partial charge in [0.1, 0.15) is 5.82 Å². The molecule has 0 spiro atoms. The second-order valence-electron chi connectivity index (χ2n) is 7.30. The number of aromatic nitrogens is 4. The van der Waals surface area contributed by atoms with Gasteiger partial charge in [-0.15, -0.1) is 0 Å². The molecule has 2 aliphatic rings. The molecule has 0 amide bonds. The molecule has 1 fully saturated rings. The zero-order valence-electron chi connectivity index (χ0n) is 15.4. The number of imidazole rings is 1. The van der Waals surface area contributed by atoms with E-state index in [0.717, 1.165) is 49.9 Å². The van der Waals surface area contributed by atoms with Crippen LogP contribution in [0.15, 0.2) is 48.8 Å². The molecule has 27 heavy (non-hydrogen) atoms. The maximum absolute atomic E-state index is 5.02. The Balaban J connectivity index is 1.34. The fourth-order valence-corrected chi connectivity index (χ4v) is 4.27. The predicted octanol–water partition coefficient (Wildman–Crippen LogP) is 3.07. The maximum atomic E-state index is 5.02. The Labute approximate surface area is 159 Å². The third-order valence-corrected chi connectivity index (χ3v) is 5.67. The smallest absolute Gasteiger partial charge is 0.225 e. The van der Waals surface area contributed by atoms with Gasteiger partial charge in [-0.05, 0) is 25.3 Å². The lowest BCUT2D eigenvalue weighted by Gasteiger charge is -2.40. The number of hydrogen-bond donors (Lipinski definition) is 1. The minimum Gasteiger partial charge on any atom is -0.342 e. The molecule has 1 saturated heterocycles. The van der Waals surface area contributed by atoms with Crippen LogP contribution in [0.1, 0.15) is 30.3 Å². The molecular weight excluding hydrogens is 336 g/mol. The van der Waals surface area contributed by atoms with Crippen molar-refractivity contribution in [1.29, 1.82) is 0 Å². The van der Waals surface area contributed by atoms with Crippen LogP contribution < -0.4 is 4.90 Å². The quantitative estimate of drug-likeness (QED) is 0.778. The second-order valence-corrected chi connectivity index (χ2v) is 7.30. The molecule has 1 aromatic carbocycles. The van der Waals surface area contributed by atoms with Gasteiger partial charge in [0.25, 0.3) is 0 Å². The lowest BCUT2D eigenvalue weighted by Crippen LogP contribution is -2.48. The number of nitrogens with zero attached hydrogens (tertiary/aromatic N) is 5. The van der Waals surface area contributed by atoms with Gasteiger partial charge in [-0.1, -0.05) is 30.3 Å². The molecule has 1 atom stereocenters. The number of H-pyrrole nitrogens is 1. The number of nitrogens with one attached hydrogen (secondary N) is 1. The van der Waals surface area contributed by atoms with Crippen LogP contribution in [0.2, 0.25) is 0 Å². The molecule has 3 aromatic rings. The SMILES string of the molecule is c1ccc(-c2nc3c([nH]2)CCCC3N2CCN(c3ncccn3)CC2)cc1. The Kier molecular flexibility index (Phi) is 4.33. The van der Waals surface area contributed by atoms with Crippen molar-refractivity contribution in [3.05, 3.63) is 60.2 Å². The highest BCUT2D eigenvalue weighted by Crippen LogP contribution is 2.35. The highest BCUT2D eigenvalue weighted by Gasteiger charge is 2.31. The van der Waals surface area contributed by atoms with Crippen LogP contribution in [0, 0.1) is 0 Å². The molecule has 1 N–H and O–H groups in total. The number of benzene rings is 1. The van der Waals surface area contributed by atoms with Crippen molar-refractivity contribution in [2.24, 2.45) is 0 Å². The number of aryl methyl sites for hydroxylation is 1. The topological polar surface area (TPSA) is 60.9 Å². The molecule has 6 heteroatoms. The van der Waals surface area contributed by atoms with Crippen LogP contribution >= 0.6 is 0 Å². The molecule has 138 valence electrons. The summed E-state index contributed by atoms with van der Waals surface area (Å²) < 4.78 is 0. The van der Waals surface area contributed by atoms with Crippen molar-refractivity contribution >= 4 is 5.95 Å². The van der Waals surface area contributed by atoms with Gasteiger partial charge in [-0.25, -0.2) is 15.0 Å². The molecule has 0 radical (unpaired) electrons. The van der Waals surface area contributed by atoms with Crippen molar-refractivity contribution in [2.45, 2.75) is 25.3 Å². The predicted molar refractivity (Wildman–Crippen MR) is 106 cm³/mol. The third-order valence-electron chi connectivity index (χ3n) is 5.67. The van der Waals surface area contributed by atoms with E-state index >= 15 is 0 Å². The molecule has 0 saturated carbocycles. The van der Waals surface area contributed by atoms with E-state index in [9.17, 15) is 0 Å². The zero-order chi connectivity index (χ0) is 18.1. The summed E-state index contributed by atoms with van der Waals surface area (Å²) in [6.45, 7) is 3.98. The fraction of sp³-hybridized carbons (Fsp3) is 0.381. The summed E-state index contributed by atoms with van der Waals surface area (Å²) in [5.74, 6) is 1.84. The van der Waals surface area contributed by atoms with Gasteiger partial charge in [0.15, 0.2) is 0 Å². The Morgan fingerprint density at radius 2 is 1.70 bits per heavy atom. The summed E-state index contributed by atoms with van der Waals surface area (Å²) in [6, 6.07) is 12.7. The minimum absolute atomic E-state index is 0.418. The lowest BCUT2D eigenvalue weighted by molar-refractivity contribution is 0.165. The van der Waals surface area contributed by atoms with E-state index in [-0.39, 0.29) is 0 Å². The van der Waals surface area contributed by atoms with Gasteiger partial charge < -0.3 is 9.88 Å². The standard InChI is InChI=1S/C21H24N6/c1-2-6-16(7-3-1)20-24-17-8-4-9-18(19(17)25-20)26-12-14-27(15-13-26)21-22-10-5-11-23-21/h1-3,5-7,10-11,18H,4,8-9,12-15H2,(H,24,25). The van der Waals surface area contributed by atoms with E-state index in [4.69, 9.17) is 4.98 Å². The highest BCUT2D eigenvalue weighted by molar-refractivity contribution is 5.56. The molecule has 1 unspecified atom stereocenters. The number of hydrogen-bond acceptors (Lipinski definition) is 5. The number of rotatable bonds is 3. The van der Waals surface area contributed by atoms with Gasteiger partial charge in [-0.3, -0.25) is 4.90 Å². The average molecular weight is 360 g/mol. The molecule has 2 aromatic heterocycles. The van der Waals surface area contributed by atoms with Crippen molar-refractivity contribution in [3.8, 4) is 11.4 Å². The van der Waals surface area contributed by atoms with Crippen molar-refractivity contribution in [2.75, 3.05) is 31.1 Å². The molecule has 3 heterocycles. The van der Waals surface area contributed by atoms with E-state index in [1.165, 1.54) is 24.2 Å². The van der Waals surface area contributed by atoms with Crippen LogP contribution in [-0.2, 0) is 6.42 Å². The Morgan fingerprint density at radius 1 is 0.926 bits per heavy atom. The van der Waals surface area contributed by atoms with Gasteiger partial charge in [0.05, 0.1) is 11.7 Å². The van der Waals surface area contributed by atoms with E-state index in [1.807, 2.05) is 24.5 Å². The van der Waals surface area contributed by atoms with Gasteiger partial charge in [0, 0.05) is 49.8 Å². The second kappa shape index (κ2) is 7.12. The number of piperazine rings is 1. The molecular formula is C21H24N6. The monoisotopic (exact) mass is 360 g/mol. The number of fused-ring (bicyclic) bond motifs is 1. The molecule has 1 aliphatic heterocycles. The number of aromatic amines is 1. The minimum atomic E-state index is 0.418. The molecule has 1 aliphatic carbocycles. The van der Waals surface area contributed by atoms with E-state index in [2.05, 4.69) is 49.0 Å². The van der Waals surface area contributed by atoms with Gasteiger partial charge in [-0.2, -0.15) is 0 Å². The van der Waals surface area contributed by atoms with Crippen molar-refractivity contribution < 1.29 is 0 Å². The fourth-order valence-electron chi connectivity index (χ4n) is 4.27. The van der Waals surface area contributed by atoms with Gasteiger partial charge >= 0.3 is 0 Å². The van der Waals surface area contributed by atoms with E-state index in [0.29, 0.717) is 6.04 Å². The third kappa shape index (κ3) is 3.21. The van der Waals surface area contributed by atoms with E-state index in [1.54, 1.807) is 0 Å². The molecule has 5 rings (SSSR count). The normalized spacial score (nSPS) is 20.4. The first-order valence-electron chi connectivity index (χ1n) is 9.79. The first-order chi connectivity index (χ1) is 13.4. The Morgan fingerprint density at radius 3 is 2.48 bits per heavy atom. The summed E-state index contributed by atoms with van der Waals surface area (Å²) in [5, 5.41) is 0. The first-order valence-corrected chi connectivity index (χ1v) is 9.79. The summed E-state index contributed by atoms with van der Waals surface area (Å²) in [7, 11) is 0. The van der Waals surface area contributed by atoms with Crippen LogP contribution in [0.25, 0.3) is 11.4 Å². The summed E-state index contributed by atoms with van der Waals surface area (Å²) in [5.41, 5.74) is 3.74. The Hall–Kier alpha value is -2.73. The van der Waals surface area contributed by atoms with Crippen molar-refractivity contribution in [3.63, 3.8) is 0 Å². The highest BCUT2D eigenvalue weighted by atomic mass is 15.3. The van der Waals surface area contributed by atoms with Crippen LogP contribution in [-0.4, -0.2) is 51.0 Å². The number of anilines is 1. The summed E-state index contributed by atoms with van der Waals surface area (Å²) >= 11 is 0. The Bertz CT molecular complexity index is 884. The molecule has 6 nitrogen and oxygen atoms in total. The van der Waals surface area contributed by atoms with Gasteiger partial charge in [0.2, 0.25) is 5.95 Å². The van der Waals surface area contributed by atoms with Crippen LogP contribution in [0.3, 0.4) is 0 Å². The largest absolute Gasteiger partial charge is 0.342 e. The van der Waals surface area contributed by atoms with Crippen LogP contribution in [0.4, 0.5) is 5.95 Å². The van der Waals surface area contributed by atoms with Crippen molar-refractivity contribution in [1.82, 2.24) is 24.8 Å². The zero-order valence-corrected chi connectivity index (χ0v) is 15.4. The lowest BCUT2D eigenvalue weighted by atomic mass is 9.94. The first kappa shape index (κ1) is 16.4.